The van der Waals surface area contributed by atoms with E-state index in [1.54, 1.807) is 0 Å². The van der Waals surface area contributed by atoms with E-state index >= 15 is 0 Å². The number of nitrogen functional groups attached to an aromatic ring is 1. The molecule has 32 heavy (non-hydrogen) atoms. The third kappa shape index (κ3) is 4.99. The Bertz CT molecular complexity index is 1330. The quantitative estimate of drug-likeness (QED) is 0.115. The summed E-state index contributed by atoms with van der Waals surface area (Å²) in [5.74, 6) is 0. The molecule has 4 nitrogen and oxygen atoms in total. The van der Waals surface area contributed by atoms with E-state index in [4.69, 9.17) is 10.7 Å². The summed E-state index contributed by atoms with van der Waals surface area (Å²) >= 11 is -0.426. The van der Waals surface area contributed by atoms with Gasteiger partial charge in [-0.2, -0.15) is 0 Å². The van der Waals surface area contributed by atoms with Gasteiger partial charge in [-0.15, -0.1) is 10.2 Å². The summed E-state index contributed by atoms with van der Waals surface area (Å²) in [6, 6.07) is 18.6. The van der Waals surface area contributed by atoms with E-state index in [-0.39, 0.29) is 0 Å². The van der Waals surface area contributed by atoms with Gasteiger partial charge in [0.15, 0.2) is 0 Å². The maximum atomic E-state index is 6.37. The largest absolute Gasteiger partial charge is 0.396 e. The SMILES string of the molecule is C/C=C\C=C/Cc1ccccc1C1=NC=C(N=Nc2cc(C)c3ccccc3c2N)I=C1. The van der Waals surface area contributed by atoms with Gasteiger partial charge >= 0.3 is 0 Å². The number of benzene rings is 3. The third-order valence-corrected chi connectivity index (χ3v) is 7.21. The fourth-order valence-electron chi connectivity index (χ4n) is 3.54. The number of nitrogens with zero attached hydrogens (tertiary/aromatic N) is 3. The van der Waals surface area contributed by atoms with Crippen molar-refractivity contribution in [3.05, 3.63) is 105 Å². The molecule has 0 atom stereocenters. The lowest BCUT2D eigenvalue weighted by Crippen LogP contribution is -2.06. The van der Waals surface area contributed by atoms with Gasteiger partial charge in [-0.25, -0.2) is 0 Å². The zero-order chi connectivity index (χ0) is 22.3. The number of halogens is 1. The number of aryl methyl sites for hydroxylation is 1. The maximum Gasteiger partial charge on any atom is 0.136 e. The van der Waals surface area contributed by atoms with Gasteiger partial charge < -0.3 is 5.73 Å². The van der Waals surface area contributed by atoms with Crippen molar-refractivity contribution < 1.29 is 0 Å². The number of fused-ring (bicyclic) bond motifs is 1. The Balaban J connectivity index is 1.56. The van der Waals surface area contributed by atoms with E-state index in [0.717, 1.165) is 32.2 Å². The lowest BCUT2D eigenvalue weighted by atomic mass is 10.0. The Hall–Kier alpha value is -3.19. The lowest BCUT2D eigenvalue weighted by Gasteiger charge is -2.10. The van der Waals surface area contributed by atoms with Gasteiger partial charge in [-0.3, -0.25) is 4.99 Å². The molecule has 0 spiro atoms. The van der Waals surface area contributed by atoms with Gasteiger partial charge in [0.25, 0.3) is 0 Å². The van der Waals surface area contributed by atoms with E-state index in [0.29, 0.717) is 11.4 Å². The zero-order valence-electron chi connectivity index (χ0n) is 18.2. The fraction of sp³-hybridized carbons (Fsp3) is 0.111. The van der Waals surface area contributed by atoms with Crippen molar-refractivity contribution in [3.8, 4) is 0 Å². The number of azo groups is 1. The topological polar surface area (TPSA) is 63.1 Å². The van der Waals surface area contributed by atoms with Crippen molar-refractivity contribution in [3.63, 3.8) is 0 Å². The van der Waals surface area contributed by atoms with Gasteiger partial charge in [-0.05, 0) is 46.9 Å². The molecule has 0 saturated heterocycles. The van der Waals surface area contributed by atoms with Crippen LogP contribution in [0.4, 0.5) is 11.4 Å². The Morgan fingerprint density at radius 1 is 1.00 bits per heavy atom. The molecule has 160 valence electrons. The molecule has 0 aliphatic carbocycles. The fourth-order valence-corrected chi connectivity index (χ4v) is 5.18. The Morgan fingerprint density at radius 3 is 2.56 bits per heavy atom. The van der Waals surface area contributed by atoms with Crippen molar-refractivity contribution in [2.75, 3.05) is 5.73 Å². The summed E-state index contributed by atoms with van der Waals surface area (Å²) in [5.41, 5.74) is 12.4. The molecule has 5 heteroatoms. The van der Waals surface area contributed by atoms with Crippen LogP contribution < -0.4 is 5.73 Å². The van der Waals surface area contributed by atoms with Crippen LogP contribution in [0.3, 0.4) is 0 Å². The predicted molar refractivity (Wildman–Crippen MR) is 146 cm³/mol. The molecule has 3 aromatic rings. The minimum atomic E-state index is -0.426. The van der Waals surface area contributed by atoms with E-state index < -0.39 is 20.7 Å². The van der Waals surface area contributed by atoms with Gasteiger partial charge in [0, 0.05) is 10.9 Å². The predicted octanol–water partition coefficient (Wildman–Crippen LogP) is 7.56. The number of hydrogen-bond donors (Lipinski definition) is 1. The summed E-state index contributed by atoms with van der Waals surface area (Å²) in [4.78, 5) is 4.69. The number of nitrogens with two attached hydrogens (primary N) is 1. The highest BCUT2D eigenvalue weighted by atomic mass is 127. The molecule has 3 aromatic carbocycles. The lowest BCUT2D eigenvalue weighted by molar-refractivity contribution is 1.21. The summed E-state index contributed by atoms with van der Waals surface area (Å²) in [5, 5.41) is 11.1. The molecular formula is C27H25IN4. The number of allylic oxidation sites excluding steroid dienone is 4. The summed E-state index contributed by atoms with van der Waals surface area (Å²) in [7, 11) is 0. The average Bonchev–Trinajstić information content (AvgIpc) is 2.84. The first-order chi connectivity index (χ1) is 15.7. The van der Waals surface area contributed by atoms with Gasteiger partial charge in [-0.1, -0.05) is 93.6 Å². The summed E-state index contributed by atoms with van der Waals surface area (Å²) < 4.78 is 3.14. The zero-order valence-corrected chi connectivity index (χ0v) is 20.3. The van der Waals surface area contributed by atoms with Crippen molar-refractivity contribution in [1.29, 1.82) is 0 Å². The van der Waals surface area contributed by atoms with E-state index in [1.807, 2.05) is 49.5 Å². The molecule has 1 aliphatic rings. The Labute approximate surface area is 198 Å². The molecule has 0 saturated carbocycles. The van der Waals surface area contributed by atoms with Crippen molar-refractivity contribution in [2.24, 2.45) is 15.2 Å². The monoisotopic (exact) mass is 532 g/mol. The molecule has 0 amide bonds. The van der Waals surface area contributed by atoms with Crippen molar-refractivity contribution >= 4 is 52.6 Å². The van der Waals surface area contributed by atoms with E-state index in [9.17, 15) is 0 Å². The van der Waals surface area contributed by atoms with Crippen molar-refractivity contribution in [1.82, 2.24) is 0 Å². The smallest absolute Gasteiger partial charge is 0.136 e. The third-order valence-electron chi connectivity index (χ3n) is 5.18. The first-order valence-corrected chi connectivity index (χ1v) is 12.8. The van der Waals surface area contributed by atoms with Crippen LogP contribution in [0, 0.1) is 6.92 Å². The number of rotatable bonds is 6. The van der Waals surface area contributed by atoms with Crippen LogP contribution in [0.5, 0.6) is 0 Å². The Morgan fingerprint density at radius 2 is 1.78 bits per heavy atom. The molecular weight excluding hydrogens is 507 g/mol. The van der Waals surface area contributed by atoms with Crippen LogP contribution in [0.25, 0.3) is 10.8 Å². The second-order valence-electron chi connectivity index (χ2n) is 7.37. The van der Waals surface area contributed by atoms with Gasteiger partial charge in [0.2, 0.25) is 0 Å². The highest BCUT2D eigenvalue weighted by molar-refractivity contribution is 14.2. The minimum absolute atomic E-state index is 0.426. The van der Waals surface area contributed by atoms with Gasteiger partial charge in [0.05, 0.1) is 17.6 Å². The maximum absolute atomic E-state index is 6.37. The van der Waals surface area contributed by atoms with Crippen LogP contribution in [-0.2, 0) is 6.42 Å². The number of anilines is 1. The van der Waals surface area contributed by atoms with E-state index in [2.05, 4.69) is 63.6 Å². The first-order valence-electron chi connectivity index (χ1n) is 10.5. The highest BCUT2D eigenvalue weighted by Crippen LogP contribution is 2.34. The van der Waals surface area contributed by atoms with Crippen molar-refractivity contribution in [2.45, 2.75) is 20.3 Å². The number of aliphatic imine (C=N–C) groups is 1. The normalized spacial score (nSPS) is 14.3. The standard InChI is InChI=1S/C27H25IN4/c1-3-4-5-6-11-20-12-7-8-14-22(20)25-17-28-26(18-30-25)32-31-24-16-19(2)21-13-9-10-15-23(21)27(24)29/h3-10,12-18H,11,29H2,1-2H3/b4-3-,6-5-,32-31?. The molecule has 0 radical (unpaired) electrons. The molecule has 2 N–H and O–H groups in total. The minimum Gasteiger partial charge on any atom is -0.396 e. The molecule has 0 unspecified atom stereocenters. The molecule has 0 bridgehead atoms. The molecule has 0 aromatic heterocycles. The highest BCUT2D eigenvalue weighted by Gasteiger charge is 2.10. The number of hydrogen-bond acceptors (Lipinski definition) is 4. The van der Waals surface area contributed by atoms with Crippen LogP contribution in [0.15, 0.2) is 104 Å². The Kier molecular flexibility index (Phi) is 7.17. The molecule has 1 aliphatic heterocycles. The van der Waals surface area contributed by atoms with Crippen LogP contribution >= 0.6 is 20.7 Å². The summed E-state index contributed by atoms with van der Waals surface area (Å²) in [6.45, 7) is 4.09. The average molecular weight is 532 g/mol. The molecule has 0 fully saturated rings. The summed E-state index contributed by atoms with van der Waals surface area (Å²) in [6.07, 6.45) is 11.0. The van der Waals surface area contributed by atoms with E-state index in [1.165, 1.54) is 11.1 Å². The second kappa shape index (κ2) is 10.4. The molecule has 4 rings (SSSR count). The van der Waals surface area contributed by atoms with Crippen LogP contribution in [-0.4, -0.2) is 9.72 Å². The van der Waals surface area contributed by atoms with Crippen LogP contribution in [0.2, 0.25) is 0 Å². The van der Waals surface area contributed by atoms with Gasteiger partial charge in [0.1, 0.15) is 9.39 Å². The first kappa shape index (κ1) is 22.0. The second-order valence-corrected chi connectivity index (χ2v) is 9.72. The van der Waals surface area contributed by atoms with Crippen LogP contribution in [0.1, 0.15) is 23.6 Å². The molecule has 1 heterocycles.